The molecule has 0 radical (unpaired) electrons. The number of benzene rings is 2. The average molecular weight is 310 g/mol. The number of anilines is 1. The van der Waals surface area contributed by atoms with Gasteiger partial charge in [0.15, 0.2) is 0 Å². The van der Waals surface area contributed by atoms with Gasteiger partial charge < -0.3 is 15.7 Å². The summed E-state index contributed by atoms with van der Waals surface area (Å²) in [5, 5.41) is 16.5. The van der Waals surface area contributed by atoms with Crippen LogP contribution in [-0.4, -0.2) is 17.7 Å². The second-order valence-electron chi connectivity index (χ2n) is 6.22. The highest BCUT2D eigenvalue weighted by Crippen LogP contribution is 2.34. The van der Waals surface area contributed by atoms with Crippen LogP contribution in [0.5, 0.6) is 0 Å². The quantitative estimate of drug-likeness (QED) is 0.814. The number of aliphatic hydroxyl groups is 1. The van der Waals surface area contributed by atoms with E-state index >= 15 is 0 Å². The predicted octanol–water partition coefficient (Wildman–Crippen LogP) is 3.34. The third kappa shape index (κ3) is 3.54. The molecule has 4 nitrogen and oxygen atoms in total. The molecule has 0 aromatic heterocycles. The number of amides is 2. The van der Waals surface area contributed by atoms with E-state index in [-0.39, 0.29) is 12.6 Å². The molecule has 1 aliphatic rings. The molecule has 0 heterocycles. The maximum atomic E-state index is 12.1. The fourth-order valence-electron chi connectivity index (χ4n) is 3.12. The number of urea groups is 1. The lowest BCUT2D eigenvalue weighted by Gasteiger charge is -2.34. The summed E-state index contributed by atoms with van der Waals surface area (Å²) in [6, 6.07) is 15.2. The molecule has 23 heavy (non-hydrogen) atoms. The SMILES string of the molecule is Cc1ccc(NC(=O)NCC2(O)CCCc3ccccc32)cc1. The fourth-order valence-corrected chi connectivity index (χ4v) is 3.12. The van der Waals surface area contributed by atoms with E-state index in [1.807, 2.05) is 55.5 Å². The Morgan fingerprint density at radius 3 is 2.70 bits per heavy atom. The van der Waals surface area contributed by atoms with E-state index in [2.05, 4.69) is 10.6 Å². The first-order valence-electron chi connectivity index (χ1n) is 7.99. The summed E-state index contributed by atoms with van der Waals surface area (Å²) in [6.07, 6.45) is 2.57. The van der Waals surface area contributed by atoms with Crippen LogP contribution in [0.25, 0.3) is 0 Å². The summed E-state index contributed by atoms with van der Waals surface area (Å²) < 4.78 is 0. The highest BCUT2D eigenvalue weighted by molar-refractivity contribution is 5.89. The van der Waals surface area contributed by atoms with E-state index in [9.17, 15) is 9.90 Å². The summed E-state index contributed by atoms with van der Waals surface area (Å²) >= 11 is 0. The van der Waals surface area contributed by atoms with E-state index in [0.717, 1.165) is 29.7 Å². The molecule has 0 saturated heterocycles. The van der Waals surface area contributed by atoms with Gasteiger partial charge in [-0.2, -0.15) is 0 Å². The Bertz CT molecular complexity index is 697. The standard InChI is InChI=1S/C19H22N2O2/c1-14-8-10-16(11-9-14)21-18(22)20-13-19(23)12-4-6-15-5-2-3-7-17(15)19/h2-3,5,7-11,23H,4,6,12-13H2,1H3,(H2,20,21,22). The summed E-state index contributed by atoms with van der Waals surface area (Å²) in [5.41, 5.74) is 3.00. The van der Waals surface area contributed by atoms with Crippen LogP contribution in [0.2, 0.25) is 0 Å². The van der Waals surface area contributed by atoms with Crippen LogP contribution in [0.3, 0.4) is 0 Å². The largest absolute Gasteiger partial charge is 0.383 e. The summed E-state index contributed by atoms with van der Waals surface area (Å²) in [7, 11) is 0. The van der Waals surface area contributed by atoms with Crippen LogP contribution in [0.15, 0.2) is 48.5 Å². The fraction of sp³-hybridized carbons (Fsp3) is 0.316. The van der Waals surface area contributed by atoms with Crippen LogP contribution in [0.1, 0.15) is 29.5 Å². The molecule has 0 saturated carbocycles. The van der Waals surface area contributed by atoms with Crippen molar-refractivity contribution in [3.63, 3.8) is 0 Å². The van der Waals surface area contributed by atoms with Gasteiger partial charge in [-0.15, -0.1) is 0 Å². The smallest absolute Gasteiger partial charge is 0.319 e. The minimum absolute atomic E-state index is 0.210. The zero-order chi connectivity index (χ0) is 16.3. The van der Waals surface area contributed by atoms with Gasteiger partial charge in [-0.1, -0.05) is 42.0 Å². The minimum atomic E-state index is -0.987. The average Bonchev–Trinajstić information content (AvgIpc) is 2.56. The molecule has 120 valence electrons. The highest BCUT2D eigenvalue weighted by Gasteiger charge is 2.34. The van der Waals surface area contributed by atoms with Crippen LogP contribution >= 0.6 is 0 Å². The molecule has 2 amide bonds. The number of fused-ring (bicyclic) bond motifs is 1. The molecule has 2 aromatic rings. The van der Waals surface area contributed by atoms with Gasteiger partial charge in [0.1, 0.15) is 5.60 Å². The molecule has 0 aliphatic heterocycles. The van der Waals surface area contributed by atoms with Crippen molar-refractivity contribution in [1.82, 2.24) is 5.32 Å². The Morgan fingerprint density at radius 1 is 1.17 bits per heavy atom. The van der Waals surface area contributed by atoms with Gasteiger partial charge in [-0.3, -0.25) is 0 Å². The first kappa shape index (κ1) is 15.6. The van der Waals surface area contributed by atoms with Crippen molar-refractivity contribution < 1.29 is 9.90 Å². The molecular formula is C19H22N2O2. The molecule has 1 aliphatic carbocycles. The van der Waals surface area contributed by atoms with Crippen LogP contribution < -0.4 is 10.6 Å². The summed E-state index contributed by atoms with van der Waals surface area (Å²) in [4.78, 5) is 12.1. The Labute approximate surface area is 136 Å². The molecular weight excluding hydrogens is 288 g/mol. The molecule has 0 fully saturated rings. The van der Waals surface area contributed by atoms with E-state index < -0.39 is 5.60 Å². The van der Waals surface area contributed by atoms with Gasteiger partial charge in [-0.25, -0.2) is 4.79 Å². The number of carbonyl (C=O) groups excluding carboxylic acids is 1. The molecule has 3 rings (SSSR count). The molecule has 3 N–H and O–H groups in total. The number of hydrogen-bond acceptors (Lipinski definition) is 2. The van der Waals surface area contributed by atoms with Crippen molar-refractivity contribution in [2.24, 2.45) is 0 Å². The van der Waals surface area contributed by atoms with Gasteiger partial charge in [0, 0.05) is 5.69 Å². The van der Waals surface area contributed by atoms with Crippen molar-refractivity contribution in [2.75, 3.05) is 11.9 Å². The third-order valence-electron chi connectivity index (χ3n) is 4.41. The van der Waals surface area contributed by atoms with Crippen LogP contribution in [0, 0.1) is 6.92 Å². The Morgan fingerprint density at radius 2 is 1.91 bits per heavy atom. The maximum Gasteiger partial charge on any atom is 0.319 e. The predicted molar refractivity (Wildman–Crippen MR) is 91.5 cm³/mol. The van der Waals surface area contributed by atoms with Crippen molar-refractivity contribution >= 4 is 11.7 Å². The summed E-state index contributed by atoms with van der Waals surface area (Å²) in [6.45, 7) is 2.21. The van der Waals surface area contributed by atoms with Crippen molar-refractivity contribution in [1.29, 1.82) is 0 Å². The van der Waals surface area contributed by atoms with E-state index in [0.29, 0.717) is 6.42 Å². The maximum absolute atomic E-state index is 12.1. The van der Waals surface area contributed by atoms with E-state index in [1.165, 1.54) is 5.56 Å². The van der Waals surface area contributed by atoms with Gasteiger partial charge in [-0.05, 0) is 49.4 Å². The number of carbonyl (C=O) groups is 1. The normalized spacial score (nSPS) is 19.7. The zero-order valence-electron chi connectivity index (χ0n) is 13.3. The van der Waals surface area contributed by atoms with Crippen molar-refractivity contribution in [3.8, 4) is 0 Å². The first-order valence-corrected chi connectivity index (χ1v) is 7.99. The second kappa shape index (κ2) is 6.42. The van der Waals surface area contributed by atoms with Gasteiger partial charge in [0.25, 0.3) is 0 Å². The number of hydrogen-bond donors (Lipinski definition) is 3. The lowest BCUT2D eigenvalue weighted by atomic mass is 9.79. The van der Waals surface area contributed by atoms with E-state index in [4.69, 9.17) is 0 Å². The van der Waals surface area contributed by atoms with Gasteiger partial charge in [0.2, 0.25) is 0 Å². The molecule has 1 atom stereocenters. The topological polar surface area (TPSA) is 61.4 Å². The molecule has 1 unspecified atom stereocenters. The number of aryl methyl sites for hydroxylation is 2. The number of nitrogens with one attached hydrogen (secondary N) is 2. The molecule has 0 bridgehead atoms. The number of rotatable bonds is 3. The van der Waals surface area contributed by atoms with Crippen LogP contribution in [0.4, 0.5) is 10.5 Å². The molecule has 4 heteroatoms. The molecule has 2 aromatic carbocycles. The third-order valence-corrected chi connectivity index (χ3v) is 4.41. The lowest BCUT2D eigenvalue weighted by molar-refractivity contribution is 0.0221. The Hall–Kier alpha value is -2.33. The minimum Gasteiger partial charge on any atom is -0.383 e. The second-order valence-corrected chi connectivity index (χ2v) is 6.22. The highest BCUT2D eigenvalue weighted by atomic mass is 16.3. The Balaban J connectivity index is 1.64. The van der Waals surface area contributed by atoms with Gasteiger partial charge >= 0.3 is 6.03 Å². The lowest BCUT2D eigenvalue weighted by Crippen LogP contribution is -2.44. The summed E-state index contributed by atoms with van der Waals surface area (Å²) in [5.74, 6) is 0. The van der Waals surface area contributed by atoms with Crippen molar-refractivity contribution in [3.05, 3.63) is 65.2 Å². The first-order chi connectivity index (χ1) is 11.1. The van der Waals surface area contributed by atoms with E-state index in [1.54, 1.807) is 0 Å². The van der Waals surface area contributed by atoms with Crippen molar-refractivity contribution in [2.45, 2.75) is 31.8 Å². The van der Waals surface area contributed by atoms with Gasteiger partial charge in [0.05, 0.1) is 6.54 Å². The molecule has 0 spiro atoms. The Kier molecular flexibility index (Phi) is 4.35. The van der Waals surface area contributed by atoms with Crippen LogP contribution in [-0.2, 0) is 12.0 Å². The monoisotopic (exact) mass is 310 g/mol. The zero-order valence-corrected chi connectivity index (χ0v) is 13.3.